The van der Waals surface area contributed by atoms with Crippen molar-refractivity contribution in [3.63, 3.8) is 0 Å². The Balaban J connectivity index is 0.993. The smallest absolute Gasteiger partial charge is 0.407 e. The third kappa shape index (κ3) is 5.61. The summed E-state index contributed by atoms with van der Waals surface area (Å²) in [6, 6.07) is 31.5. The van der Waals surface area contributed by atoms with Crippen LogP contribution in [0.2, 0.25) is 0 Å². The van der Waals surface area contributed by atoms with E-state index in [1.807, 2.05) is 84.9 Å². The third-order valence-electron chi connectivity index (χ3n) is 7.57. The zero-order valence-electron chi connectivity index (χ0n) is 22.9. The maximum absolute atomic E-state index is 13.3. The van der Waals surface area contributed by atoms with Gasteiger partial charge in [-0.1, -0.05) is 90.7 Å². The topological polar surface area (TPSA) is 87.7 Å². The van der Waals surface area contributed by atoms with E-state index in [4.69, 9.17) is 4.74 Å². The first-order valence-electron chi connectivity index (χ1n) is 13.9. The minimum Gasteiger partial charge on any atom is -0.449 e. The molecular weight excluding hydrogens is 526 g/mol. The van der Waals surface area contributed by atoms with E-state index >= 15 is 0 Å². The highest BCUT2D eigenvalue weighted by Crippen LogP contribution is 2.44. The van der Waals surface area contributed by atoms with Crippen LogP contribution in [0.3, 0.4) is 0 Å². The molecule has 1 aliphatic carbocycles. The molecule has 2 aliphatic rings. The van der Waals surface area contributed by atoms with Crippen molar-refractivity contribution >= 4 is 23.6 Å². The molecule has 0 radical (unpaired) electrons. The molecule has 3 amide bonds. The molecule has 4 aromatic carbocycles. The lowest BCUT2D eigenvalue weighted by molar-refractivity contribution is -0.120. The molecule has 0 bridgehead atoms. The molecule has 7 nitrogen and oxygen atoms in total. The number of nitrogens with one attached hydrogen (secondary N) is 2. The summed E-state index contributed by atoms with van der Waals surface area (Å²) < 4.78 is 5.49. The Morgan fingerprint density at radius 1 is 0.762 bits per heavy atom. The largest absolute Gasteiger partial charge is 0.449 e. The molecule has 0 fully saturated rings. The summed E-state index contributed by atoms with van der Waals surface area (Å²) in [5.41, 5.74) is 7.89. The Bertz CT molecular complexity index is 1690. The molecule has 208 valence electrons. The summed E-state index contributed by atoms with van der Waals surface area (Å²) in [5.74, 6) is 5.79. The van der Waals surface area contributed by atoms with Crippen molar-refractivity contribution in [2.24, 2.45) is 0 Å². The van der Waals surface area contributed by atoms with Gasteiger partial charge in [0.25, 0.3) is 0 Å². The van der Waals surface area contributed by atoms with E-state index in [9.17, 15) is 14.4 Å². The first-order chi connectivity index (χ1) is 20.6. The Morgan fingerprint density at radius 3 is 2.14 bits per heavy atom. The number of ether oxygens (including phenoxy) is 1. The average molecular weight is 556 g/mol. The highest BCUT2D eigenvalue weighted by atomic mass is 16.5. The third-order valence-corrected chi connectivity index (χ3v) is 7.57. The first-order valence-corrected chi connectivity index (χ1v) is 13.9. The summed E-state index contributed by atoms with van der Waals surface area (Å²) in [5, 5.41) is 5.23. The van der Waals surface area contributed by atoms with E-state index in [1.54, 1.807) is 4.90 Å². The quantitative estimate of drug-likeness (QED) is 0.315. The van der Waals surface area contributed by atoms with Crippen molar-refractivity contribution in [2.45, 2.75) is 18.9 Å². The van der Waals surface area contributed by atoms with Gasteiger partial charge in [-0.3, -0.25) is 9.59 Å². The van der Waals surface area contributed by atoms with E-state index < -0.39 is 12.0 Å². The van der Waals surface area contributed by atoms with Gasteiger partial charge in [-0.2, -0.15) is 0 Å². The molecule has 0 unspecified atom stereocenters. The molecule has 1 heterocycles. The number of rotatable bonds is 7. The number of nitrogens with zero attached hydrogens (tertiary/aromatic N) is 1. The fourth-order valence-corrected chi connectivity index (χ4v) is 5.52. The molecule has 0 saturated heterocycles. The average Bonchev–Trinajstić information content (AvgIpc) is 3.33. The van der Waals surface area contributed by atoms with Gasteiger partial charge in [0.2, 0.25) is 11.8 Å². The van der Waals surface area contributed by atoms with E-state index in [0.717, 1.165) is 44.6 Å². The van der Waals surface area contributed by atoms with E-state index in [-0.39, 0.29) is 37.9 Å². The van der Waals surface area contributed by atoms with Crippen LogP contribution in [-0.4, -0.2) is 37.6 Å². The van der Waals surface area contributed by atoms with Gasteiger partial charge in [-0.25, -0.2) is 4.79 Å². The summed E-state index contributed by atoms with van der Waals surface area (Å²) in [6.07, 6.45) is -0.569. The first kappa shape index (κ1) is 26.9. The van der Waals surface area contributed by atoms with Crippen molar-refractivity contribution in [2.75, 3.05) is 24.6 Å². The standard InChI is InChI=1S/C35H29N3O4/c39-33(21-37-35(41)42-23-31-29-14-6-4-12-27(29)28-13-5-7-15-30(28)31)36-20-19-34(40)38-22-26-11-2-1-9-24(26)17-18-25-10-3-8-16-32(25)38/h1-16,31H,19-23H2,(H,36,39)(H,37,41). The summed E-state index contributed by atoms with van der Waals surface area (Å²) in [6.45, 7) is 0.440. The molecule has 42 heavy (non-hydrogen) atoms. The highest BCUT2D eigenvalue weighted by Gasteiger charge is 2.29. The van der Waals surface area contributed by atoms with Gasteiger partial charge in [0.15, 0.2) is 0 Å². The molecule has 7 heteroatoms. The second kappa shape index (κ2) is 12.0. The second-order valence-electron chi connectivity index (χ2n) is 10.2. The normalized spacial score (nSPS) is 12.7. The summed E-state index contributed by atoms with van der Waals surface area (Å²) in [7, 11) is 0. The summed E-state index contributed by atoms with van der Waals surface area (Å²) >= 11 is 0. The van der Waals surface area contributed by atoms with Crippen LogP contribution in [0.5, 0.6) is 0 Å². The molecule has 2 N–H and O–H groups in total. The molecule has 0 atom stereocenters. The van der Waals surface area contributed by atoms with E-state index in [2.05, 4.69) is 34.6 Å². The highest BCUT2D eigenvalue weighted by molar-refractivity contribution is 5.95. The maximum Gasteiger partial charge on any atom is 0.407 e. The maximum atomic E-state index is 13.3. The van der Waals surface area contributed by atoms with Crippen LogP contribution < -0.4 is 15.5 Å². The number of carbonyl (C=O) groups is 3. The predicted molar refractivity (Wildman–Crippen MR) is 161 cm³/mol. The van der Waals surface area contributed by atoms with Crippen molar-refractivity contribution < 1.29 is 19.1 Å². The monoisotopic (exact) mass is 555 g/mol. The molecular formula is C35H29N3O4. The van der Waals surface area contributed by atoms with Gasteiger partial charge < -0.3 is 20.3 Å². The number of carbonyl (C=O) groups excluding carboxylic acids is 3. The number of amides is 3. The van der Waals surface area contributed by atoms with Crippen molar-refractivity contribution in [1.82, 2.24) is 10.6 Å². The van der Waals surface area contributed by atoms with Crippen LogP contribution in [0, 0.1) is 11.8 Å². The van der Waals surface area contributed by atoms with Gasteiger partial charge in [-0.05, 0) is 46.0 Å². The Morgan fingerprint density at radius 2 is 1.38 bits per heavy atom. The lowest BCUT2D eigenvalue weighted by Gasteiger charge is -2.26. The van der Waals surface area contributed by atoms with Gasteiger partial charge in [0.05, 0.1) is 18.8 Å². The number of hydrogen-bond acceptors (Lipinski definition) is 4. The number of fused-ring (bicyclic) bond motifs is 5. The minimum absolute atomic E-state index is 0.0608. The predicted octanol–water partition coefficient (Wildman–Crippen LogP) is 4.98. The lowest BCUT2D eigenvalue weighted by Crippen LogP contribution is -2.39. The van der Waals surface area contributed by atoms with Crippen LogP contribution in [0.1, 0.15) is 40.2 Å². The van der Waals surface area contributed by atoms with Crippen molar-refractivity contribution in [1.29, 1.82) is 0 Å². The summed E-state index contributed by atoms with van der Waals surface area (Å²) in [4.78, 5) is 39.9. The van der Waals surface area contributed by atoms with E-state index in [1.165, 1.54) is 0 Å². The van der Waals surface area contributed by atoms with Crippen molar-refractivity contribution in [3.8, 4) is 23.0 Å². The Labute approximate surface area is 244 Å². The number of anilines is 1. The SMILES string of the molecule is O=C(CNC(=O)OCC1c2ccccc2-c2ccccc21)NCCC(=O)N1Cc2ccccc2C#Cc2ccccc21. The second-order valence-corrected chi connectivity index (χ2v) is 10.2. The van der Waals surface area contributed by atoms with Crippen LogP contribution in [0.25, 0.3) is 11.1 Å². The van der Waals surface area contributed by atoms with Crippen molar-refractivity contribution in [3.05, 3.63) is 125 Å². The van der Waals surface area contributed by atoms with Gasteiger partial charge in [0, 0.05) is 30.0 Å². The number of benzene rings is 4. The molecule has 1 aliphatic heterocycles. The number of alkyl carbamates (subject to hydrolysis) is 1. The molecule has 0 spiro atoms. The molecule has 0 saturated carbocycles. The number of hydrogen-bond donors (Lipinski definition) is 2. The Hall–Kier alpha value is -5.35. The minimum atomic E-state index is -0.667. The molecule has 0 aromatic heterocycles. The Kier molecular flexibility index (Phi) is 7.69. The van der Waals surface area contributed by atoms with E-state index in [0.29, 0.717) is 6.54 Å². The number of para-hydroxylation sites is 1. The molecule has 6 rings (SSSR count). The molecule has 4 aromatic rings. The fourth-order valence-electron chi connectivity index (χ4n) is 5.52. The van der Waals surface area contributed by atoms with Crippen LogP contribution in [0.4, 0.5) is 10.5 Å². The van der Waals surface area contributed by atoms with Gasteiger partial charge in [-0.15, -0.1) is 0 Å². The van der Waals surface area contributed by atoms with Crippen LogP contribution >= 0.6 is 0 Å². The zero-order valence-corrected chi connectivity index (χ0v) is 22.9. The van der Waals surface area contributed by atoms with Crippen LogP contribution in [-0.2, 0) is 20.9 Å². The zero-order chi connectivity index (χ0) is 28.9. The fraction of sp³-hybridized carbons (Fsp3) is 0.171. The lowest BCUT2D eigenvalue weighted by atomic mass is 9.98. The van der Waals surface area contributed by atoms with Gasteiger partial charge in [0.1, 0.15) is 6.61 Å². The van der Waals surface area contributed by atoms with Gasteiger partial charge >= 0.3 is 6.09 Å². The van der Waals surface area contributed by atoms with Crippen LogP contribution in [0.15, 0.2) is 97.1 Å².